The molecule has 4 rings (SSSR count). The van der Waals surface area contributed by atoms with Gasteiger partial charge in [0.25, 0.3) is 5.56 Å². The Kier molecular flexibility index (Phi) is 5.76. The molecule has 1 aromatic heterocycles. The van der Waals surface area contributed by atoms with Crippen LogP contribution in [-0.4, -0.2) is 16.2 Å². The average molecular weight is 446 g/mol. The molecule has 29 heavy (non-hydrogen) atoms. The average Bonchev–Trinajstić information content (AvgIpc) is 2.73. The first kappa shape index (κ1) is 19.8. The number of ether oxygens (including phenoxy) is 1. The van der Waals surface area contributed by atoms with E-state index in [1.807, 2.05) is 30.3 Å². The number of hydrogen-bond acceptors (Lipinski definition) is 3. The minimum Gasteiger partial charge on any atom is -0.490 e. The highest BCUT2D eigenvalue weighted by atomic mass is 35.5. The van der Waals surface area contributed by atoms with Gasteiger partial charge in [-0.25, -0.2) is 4.98 Å². The van der Waals surface area contributed by atoms with Crippen molar-refractivity contribution in [3.63, 3.8) is 0 Å². The van der Waals surface area contributed by atoms with E-state index in [0.29, 0.717) is 37.5 Å². The number of hydrogen-bond donors (Lipinski definition) is 0. The number of aromatic nitrogens is 2. The molecule has 0 amide bonds. The standard InChI is InChI=1S/C22H15Cl3N2O2/c23-15-10-8-14(9-11-15)21-26-18-6-2-1-4-16(18)22(28)27(21)12-13-29-19-7-3-5-17(24)20(19)25/h1-11H,12-13H2. The molecule has 0 bridgehead atoms. The topological polar surface area (TPSA) is 44.1 Å². The molecule has 3 aromatic carbocycles. The van der Waals surface area contributed by atoms with Crippen LogP contribution in [0.2, 0.25) is 15.1 Å². The van der Waals surface area contributed by atoms with Crippen molar-refractivity contribution in [2.45, 2.75) is 6.54 Å². The predicted octanol–water partition coefficient (Wildman–Crippen LogP) is 6.10. The van der Waals surface area contributed by atoms with Crippen molar-refractivity contribution < 1.29 is 4.74 Å². The van der Waals surface area contributed by atoms with Gasteiger partial charge < -0.3 is 4.74 Å². The molecular formula is C22H15Cl3N2O2. The van der Waals surface area contributed by atoms with Crippen LogP contribution in [-0.2, 0) is 6.54 Å². The maximum atomic E-state index is 13.1. The lowest BCUT2D eigenvalue weighted by Gasteiger charge is -2.15. The van der Waals surface area contributed by atoms with Crippen LogP contribution in [0, 0.1) is 0 Å². The van der Waals surface area contributed by atoms with E-state index in [0.717, 1.165) is 5.56 Å². The van der Waals surface area contributed by atoms with Crippen molar-refractivity contribution >= 4 is 45.7 Å². The molecule has 1 heterocycles. The van der Waals surface area contributed by atoms with E-state index in [4.69, 9.17) is 44.5 Å². The number of rotatable bonds is 5. The Hall–Kier alpha value is -2.53. The molecule has 0 fully saturated rings. The lowest BCUT2D eigenvalue weighted by molar-refractivity contribution is 0.297. The second-order valence-corrected chi connectivity index (χ2v) is 7.54. The molecule has 0 saturated carbocycles. The zero-order chi connectivity index (χ0) is 20.4. The van der Waals surface area contributed by atoms with Gasteiger partial charge in [0.2, 0.25) is 0 Å². The van der Waals surface area contributed by atoms with Crippen molar-refractivity contribution in [1.82, 2.24) is 9.55 Å². The molecular weight excluding hydrogens is 431 g/mol. The fraction of sp³-hybridized carbons (Fsp3) is 0.0909. The van der Waals surface area contributed by atoms with Gasteiger partial charge >= 0.3 is 0 Å². The number of benzene rings is 3. The third kappa shape index (κ3) is 4.10. The Bertz CT molecular complexity index is 1240. The van der Waals surface area contributed by atoms with E-state index in [1.54, 1.807) is 41.0 Å². The number of para-hydroxylation sites is 1. The molecule has 0 unspecified atom stereocenters. The van der Waals surface area contributed by atoms with E-state index < -0.39 is 0 Å². The van der Waals surface area contributed by atoms with Crippen LogP contribution in [0.4, 0.5) is 0 Å². The Morgan fingerprint density at radius 2 is 1.66 bits per heavy atom. The highest BCUT2D eigenvalue weighted by molar-refractivity contribution is 6.42. The van der Waals surface area contributed by atoms with Crippen molar-refractivity contribution in [2.24, 2.45) is 0 Å². The van der Waals surface area contributed by atoms with Crippen LogP contribution in [0.3, 0.4) is 0 Å². The predicted molar refractivity (Wildman–Crippen MR) is 118 cm³/mol. The zero-order valence-corrected chi connectivity index (χ0v) is 17.4. The number of halogens is 3. The van der Waals surface area contributed by atoms with E-state index in [9.17, 15) is 4.79 Å². The van der Waals surface area contributed by atoms with Crippen LogP contribution >= 0.6 is 34.8 Å². The summed E-state index contributed by atoms with van der Waals surface area (Å²) in [6, 6.07) is 19.7. The fourth-order valence-electron chi connectivity index (χ4n) is 3.04. The Labute approximate surface area is 182 Å². The monoisotopic (exact) mass is 444 g/mol. The third-order valence-corrected chi connectivity index (χ3v) is 5.51. The smallest absolute Gasteiger partial charge is 0.261 e. The molecule has 0 saturated heterocycles. The van der Waals surface area contributed by atoms with Crippen molar-refractivity contribution in [3.8, 4) is 17.1 Å². The highest BCUT2D eigenvalue weighted by Gasteiger charge is 2.13. The molecule has 0 radical (unpaired) electrons. The van der Waals surface area contributed by atoms with Crippen LogP contribution in [0.5, 0.6) is 5.75 Å². The summed E-state index contributed by atoms with van der Waals surface area (Å²) in [7, 11) is 0. The number of nitrogens with zero attached hydrogens (tertiary/aromatic N) is 2. The van der Waals surface area contributed by atoms with Gasteiger partial charge in [0, 0.05) is 10.6 Å². The van der Waals surface area contributed by atoms with E-state index in [2.05, 4.69) is 0 Å². The maximum absolute atomic E-state index is 13.1. The second kappa shape index (κ2) is 8.46. The largest absolute Gasteiger partial charge is 0.490 e. The van der Waals surface area contributed by atoms with Crippen molar-refractivity contribution in [3.05, 3.63) is 92.2 Å². The summed E-state index contributed by atoms with van der Waals surface area (Å²) >= 11 is 18.2. The van der Waals surface area contributed by atoms with Crippen molar-refractivity contribution in [2.75, 3.05) is 6.61 Å². The van der Waals surface area contributed by atoms with Crippen LogP contribution < -0.4 is 10.3 Å². The first-order chi connectivity index (χ1) is 14.0. The molecule has 0 N–H and O–H groups in total. The molecule has 0 aliphatic rings. The Balaban J connectivity index is 1.72. The molecule has 0 aliphatic carbocycles. The quantitative estimate of drug-likeness (QED) is 0.373. The third-order valence-electron chi connectivity index (χ3n) is 4.45. The summed E-state index contributed by atoms with van der Waals surface area (Å²) in [6.45, 7) is 0.512. The van der Waals surface area contributed by atoms with Crippen molar-refractivity contribution in [1.29, 1.82) is 0 Å². The molecule has 0 atom stereocenters. The Morgan fingerprint density at radius 1 is 0.897 bits per heavy atom. The van der Waals surface area contributed by atoms with Crippen LogP contribution in [0.15, 0.2) is 71.5 Å². The highest BCUT2D eigenvalue weighted by Crippen LogP contribution is 2.31. The van der Waals surface area contributed by atoms with Gasteiger partial charge in [-0.05, 0) is 48.5 Å². The zero-order valence-electron chi connectivity index (χ0n) is 15.1. The van der Waals surface area contributed by atoms with Gasteiger partial charge in [-0.2, -0.15) is 0 Å². The lowest BCUT2D eigenvalue weighted by atomic mass is 10.2. The molecule has 7 heteroatoms. The van der Waals surface area contributed by atoms with Gasteiger partial charge in [0.1, 0.15) is 23.2 Å². The summed E-state index contributed by atoms with van der Waals surface area (Å²) in [5.74, 6) is 1.01. The van der Waals surface area contributed by atoms with Gasteiger partial charge in [-0.1, -0.05) is 53.0 Å². The van der Waals surface area contributed by atoms with Crippen LogP contribution in [0.1, 0.15) is 0 Å². The molecule has 0 aliphatic heterocycles. The SMILES string of the molecule is O=c1c2ccccc2nc(-c2ccc(Cl)cc2)n1CCOc1cccc(Cl)c1Cl. The van der Waals surface area contributed by atoms with E-state index in [-0.39, 0.29) is 18.7 Å². The number of fused-ring (bicyclic) bond motifs is 1. The van der Waals surface area contributed by atoms with Gasteiger partial charge in [-0.15, -0.1) is 0 Å². The summed E-state index contributed by atoms with van der Waals surface area (Å²) in [5, 5.41) is 1.92. The summed E-state index contributed by atoms with van der Waals surface area (Å²) in [5.41, 5.74) is 1.29. The maximum Gasteiger partial charge on any atom is 0.261 e. The normalized spacial score (nSPS) is 11.0. The summed E-state index contributed by atoms with van der Waals surface area (Å²) in [6.07, 6.45) is 0. The van der Waals surface area contributed by atoms with E-state index >= 15 is 0 Å². The first-order valence-corrected chi connectivity index (χ1v) is 10.0. The molecule has 146 valence electrons. The fourth-order valence-corrected chi connectivity index (χ4v) is 3.51. The summed E-state index contributed by atoms with van der Waals surface area (Å²) < 4.78 is 7.37. The second-order valence-electron chi connectivity index (χ2n) is 6.32. The molecule has 0 spiro atoms. The first-order valence-electron chi connectivity index (χ1n) is 8.87. The van der Waals surface area contributed by atoms with Gasteiger partial charge in [0.05, 0.1) is 22.5 Å². The Morgan fingerprint density at radius 3 is 2.45 bits per heavy atom. The minimum absolute atomic E-state index is 0.138. The molecule has 4 nitrogen and oxygen atoms in total. The van der Waals surface area contributed by atoms with E-state index in [1.165, 1.54) is 0 Å². The summed E-state index contributed by atoms with van der Waals surface area (Å²) in [4.78, 5) is 17.9. The molecule has 4 aromatic rings. The van der Waals surface area contributed by atoms with Gasteiger partial charge in [-0.3, -0.25) is 9.36 Å². The lowest BCUT2D eigenvalue weighted by Crippen LogP contribution is -2.26. The van der Waals surface area contributed by atoms with Gasteiger partial charge in [0.15, 0.2) is 0 Å². The minimum atomic E-state index is -0.138. The van der Waals surface area contributed by atoms with Crippen LogP contribution in [0.25, 0.3) is 22.3 Å².